The molecule has 0 aromatic heterocycles. The third-order valence-electron chi connectivity index (χ3n) is 3.24. The second-order valence-electron chi connectivity index (χ2n) is 5.40. The van der Waals surface area contributed by atoms with E-state index in [0.717, 1.165) is 32.4 Å². The molecule has 0 bridgehead atoms. The Morgan fingerprint density at radius 3 is 2.45 bits per heavy atom. The maximum Gasteiger partial charge on any atom is 0.243 e. The number of aliphatic imine (C=N–C) groups is 1. The largest absolute Gasteiger partial charge is 0.356 e. The predicted molar refractivity (Wildman–Crippen MR) is 92.1 cm³/mol. The molecular formula is C17H28N4O. The molecule has 0 aliphatic heterocycles. The number of nitrogens with zero attached hydrogens (tertiary/aromatic N) is 2. The van der Waals surface area contributed by atoms with Crippen LogP contribution in [-0.2, 0) is 11.2 Å². The molecule has 2 N–H and O–H groups in total. The third-order valence-corrected chi connectivity index (χ3v) is 3.24. The number of rotatable bonds is 8. The molecule has 0 radical (unpaired) electrons. The highest BCUT2D eigenvalue weighted by Gasteiger charge is 2.04. The fourth-order valence-electron chi connectivity index (χ4n) is 1.82. The summed E-state index contributed by atoms with van der Waals surface area (Å²) in [6.07, 6.45) is 3.14. The van der Waals surface area contributed by atoms with Crippen molar-refractivity contribution in [2.45, 2.75) is 26.2 Å². The molecule has 5 nitrogen and oxygen atoms in total. The minimum Gasteiger partial charge on any atom is -0.356 e. The van der Waals surface area contributed by atoms with Gasteiger partial charge in [0.15, 0.2) is 5.96 Å². The smallest absolute Gasteiger partial charge is 0.243 e. The molecule has 0 aliphatic carbocycles. The minimum atomic E-state index is -0.000323. The van der Waals surface area contributed by atoms with Gasteiger partial charge in [-0.1, -0.05) is 43.7 Å². The fraction of sp³-hybridized carbons (Fsp3) is 0.529. The van der Waals surface area contributed by atoms with Gasteiger partial charge < -0.3 is 15.5 Å². The molecule has 1 amide bonds. The first-order valence-electron chi connectivity index (χ1n) is 7.89. The van der Waals surface area contributed by atoms with E-state index in [0.29, 0.717) is 5.96 Å². The first-order valence-corrected chi connectivity index (χ1v) is 7.89. The van der Waals surface area contributed by atoms with Crippen molar-refractivity contribution in [2.24, 2.45) is 4.99 Å². The number of benzene rings is 1. The van der Waals surface area contributed by atoms with Crippen molar-refractivity contribution in [3.8, 4) is 0 Å². The highest BCUT2D eigenvalue weighted by Crippen LogP contribution is 1.98. The summed E-state index contributed by atoms with van der Waals surface area (Å²) in [6, 6.07) is 10.3. The molecule has 0 aliphatic rings. The summed E-state index contributed by atoms with van der Waals surface area (Å²) >= 11 is 0. The molecule has 1 aromatic carbocycles. The standard InChI is InChI=1S/C17H28N4O/c1-4-5-12-18-17(20-14-16(22)21(2)3)19-13-11-15-9-7-6-8-10-15/h6-10H,4-5,11-14H2,1-3H3,(H2,18,19,20). The van der Waals surface area contributed by atoms with Gasteiger partial charge in [0.1, 0.15) is 6.54 Å². The van der Waals surface area contributed by atoms with Crippen molar-refractivity contribution in [3.05, 3.63) is 35.9 Å². The SMILES string of the molecule is CCCCNC(=NCC(=O)N(C)C)NCCc1ccccc1. The van der Waals surface area contributed by atoms with Gasteiger partial charge in [0, 0.05) is 27.2 Å². The molecule has 0 heterocycles. The van der Waals surface area contributed by atoms with Crippen molar-refractivity contribution in [1.82, 2.24) is 15.5 Å². The second-order valence-corrected chi connectivity index (χ2v) is 5.40. The average molecular weight is 304 g/mol. The highest BCUT2D eigenvalue weighted by atomic mass is 16.2. The van der Waals surface area contributed by atoms with Gasteiger partial charge in [0.05, 0.1) is 0 Å². The van der Waals surface area contributed by atoms with Crippen LogP contribution >= 0.6 is 0 Å². The quantitative estimate of drug-likeness (QED) is 0.436. The number of carbonyl (C=O) groups is 1. The lowest BCUT2D eigenvalue weighted by atomic mass is 10.1. The number of nitrogens with one attached hydrogen (secondary N) is 2. The predicted octanol–water partition coefficient (Wildman–Crippen LogP) is 1.65. The number of hydrogen-bond acceptors (Lipinski definition) is 2. The van der Waals surface area contributed by atoms with E-state index in [4.69, 9.17) is 0 Å². The number of amides is 1. The number of unbranched alkanes of at least 4 members (excludes halogenated alkanes) is 1. The first kappa shape index (κ1) is 18.0. The van der Waals surface area contributed by atoms with Crippen LogP contribution in [0.3, 0.4) is 0 Å². The zero-order valence-corrected chi connectivity index (χ0v) is 13.9. The Morgan fingerprint density at radius 2 is 1.82 bits per heavy atom. The molecule has 0 spiro atoms. The summed E-state index contributed by atoms with van der Waals surface area (Å²) in [4.78, 5) is 17.5. The van der Waals surface area contributed by atoms with Crippen LogP contribution in [0.2, 0.25) is 0 Å². The summed E-state index contributed by atoms with van der Waals surface area (Å²) in [5, 5.41) is 6.56. The molecule has 0 unspecified atom stereocenters. The van der Waals surface area contributed by atoms with Gasteiger partial charge in [-0.05, 0) is 18.4 Å². The van der Waals surface area contributed by atoms with Crippen molar-refractivity contribution in [1.29, 1.82) is 0 Å². The molecule has 0 saturated carbocycles. The Hall–Kier alpha value is -2.04. The molecule has 1 rings (SSSR count). The average Bonchev–Trinajstić information content (AvgIpc) is 2.52. The van der Waals surface area contributed by atoms with Crippen LogP contribution in [0.5, 0.6) is 0 Å². The molecule has 5 heteroatoms. The van der Waals surface area contributed by atoms with Crippen LogP contribution in [0, 0.1) is 0 Å². The molecule has 0 saturated heterocycles. The van der Waals surface area contributed by atoms with Crippen LogP contribution in [-0.4, -0.2) is 50.5 Å². The van der Waals surface area contributed by atoms with E-state index < -0.39 is 0 Å². The van der Waals surface area contributed by atoms with E-state index in [9.17, 15) is 4.79 Å². The molecule has 0 atom stereocenters. The van der Waals surface area contributed by atoms with E-state index in [2.05, 4.69) is 34.7 Å². The number of hydrogen-bond donors (Lipinski definition) is 2. The van der Waals surface area contributed by atoms with Crippen molar-refractivity contribution in [3.63, 3.8) is 0 Å². The Labute approximate surface area is 133 Å². The van der Waals surface area contributed by atoms with Gasteiger partial charge in [-0.25, -0.2) is 4.99 Å². The monoisotopic (exact) mass is 304 g/mol. The van der Waals surface area contributed by atoms with E-state index in [1.54, 1.807) is 19.0 Å². The zero-order chi connectivity index (χ0) is 16.2. The van der Waals surface area contributed by atoms with Crippen LogP contribution in [0.4, 0.5) is 0 Å². The summed E-state index contributed by atoms with van der Waals surface area (Å²) in [5.74, 6) is 0.708. The Kier molecular flexibility index (Phi) is 8.72. The van der Waals surface area contributed by atoms with Crippen LogP contribution < -0.4 is 10.6 Å². The number of carbonyl (C=O) groups excluding carboxylic acids is 1. The Morgan fingerprint density at radius 1 is 1.14 bits per heavy atom. The lowest BCUT2D eigenvalue weighted by molar-refractivity contribution is -0.127. The zero-order valence-electron chi connectivity index (χ0n) is 13.9. The van der Waals surface area contributed by atoms with E-state index in [1.165, 1.54) is 5.56 Å². The lowest BCUT2D eigenvalue weighted by Gasteiger charge is -2.13. The Bertz CT molecular complexity index is 457. The van der Waals surface area contributed by atoms with Gasteiger partial charge in [-0.15, -0.1) is 0 Å². The molecule has 1 aromatic rings. The molecule has 22 heavy (non-hydrogen) atoms. The van der Waals surface area contributed by atoms with Gasteiger partial charge in [0.2, 0.25) is 5.91 Å². The summed E-state index contributed by atoms with van der Waals surface area (Å²) in [5.41, 5.74) is 1.28. The first-order chi connectivity index (χ1) is 10.6. The normalized spacial score (nSPS) is 11.1. The highest BCUT2D eigenvalue weighted by molar-refractivity contribution is 5.84. The van der Waals surface area contributed by atoms with E-state index in [-0.39, 0.29) is 12.5 Å². The van der Waals surface area contributed by atoms with Crippen LogP contribution in [0.15, 0.2) is 35.3 Å². The molecule has 122 valence electrons. The van der Waals surface area contributed by atoms with E-state index in [1.807, 2.05) is 18.2 Å². The third kappa shape index (κ3) is 7.67. The van der Waals surface area contributed by atoms with Gasteiger partial charge in [-0.2, -0.15) is 0 Å². The van der Waals surface area contributed by atoms with Gasteiger partial charge in [0.25, 0.3) is 0 Å². The maximum atomic E-state index is 11.6. The van der Waals surface area contributed by atoms with Crippen LogP contribution in [0.25, 0.3) is 0 Å². The van der Waals surface area contributed by atoms with Crippen LogP contribution in [0.1, 0.15) is 25.3 Å². The van der Waals surface area contributed by atoms with E-state index >= 15 is 0 Å². The summed E-state index contributed by atoms with van der Waals surface area (Å²) in [7, 11) is 3.48. The minimum absolute atomic E-state index is 0.000323. The number of likely N-dealkylation sites (N-methyl/N-ethyl adjacent to an activating group) is 1. The van der Waals surface area contributed by atoms with Gasteiger partial charge in [-0.3, -0.25) is 4.79 Å². The topological polar surface area (TPSA) is 56.7 Å². The Balaban J connectivity index is 2.46. The van der Waals surface area contributed by atoms with Crippen molar-refractivity contribution >= 4 is 11.9 Å². The second kappa shape index (κ2) is 10.7. The van der Waals surface area contributed by atoms with Crippen molar-refractivity contribution in [2.75, 3.05) is 33.7 Å². The fourth-order valence-corrected chi connectivity index (χ4v) is 1.82. The summed E-state index contributed by atoms with van der Waals surface area (Å²) in [6.45, 7) is 3.97. The number of guanidine groups is 1. The molecular weight excluding hydrogens is 276 g/mol. The van der Waals surface area contributed by atoms with Crippen molar-refractivity contribution < 1.29 is 4.79 Å². The maximum absolute atomic E-state index is 11.6. The summed E-state index contributed by atoms with van der Waals surface area (Å²) < 4.78 is 0. The lowest BCUT2D eigenvalue weighted by Crippen LogP contribution is -2.40. The molecule has 0 fully saturated rings. The van der Waals surface area contributed by atoms with Gasteiger partial charge >= 0.3 is 0 Å².